The number of likely N-dealkylation sites (tertiary alicyclic amines) is 1. The average molecular weight is 345 g/mol. The van der Waals surface area contributed by atoms with Gasteiger partial charge in [0.2, 0.25) is 11.8 Å². The maximum atomic E-state index is 12.6. The molecule has 3 rings (SSSR count). The Morgan fingerprint density at radius 3 is 3.04 bits per heavy atom. The first-order chi connectivity index (χ1) is 11.6. The van der Waals surface area contributed by atoms with E-state index in [0.717, 1.165) is 36.0 Å². The molecule has 0 saturated carbocycles. The standard InChI is InChI=1S/C18H23N3O2S/c1-3-5-16(22)21-9-4-6-13(11-21)17(23)20-18-19-14-8-7-12(2)10-15(14)24-18/h7-8,10,13H,3-6,9,11H2,1-2H3,(H,19,20,23). The second-order valence-electron chi connectivity index (χ2n) is 6.41. The van der Waals surface area contributed by atoms with Crippen LogP contribution in [-0.2, 0) is 9.59 Å². The largest absolute Gasteiger partial charge is 0.342 e. The van der Waals surface area contributed by atoms with E-state index in [2.05, 4.69) is 16.4 Å². The van der Waals surface area contributed by atoms with Crippen molar-refractivity contribution in [2.75, 3.05) is 18.4 Å². The van der Waals surface area contributed by atoms with Gasteiger partial charge in [-0.1, -0.05) is 24.3 Å². The molecule has 1 aliphatic rings. The van der Waals surface area contributed by atoms with Gasteiger partial charge in [0.1, 0.15) is 0 Å². The third kappa shape index (κ3) is 3.75. The predicted molar refractivity (Wildman–Crippen MR) is 97.2 cm³/mol. The minimum Gasteiger partial charge on any atom is -0.342 e. The lowest BCUT2D eigenvalue weighted by Gasteiger charge is -2.31. The fourth-order valence-corrected chi connectivity index (χ4v) is 4.05. The summed E-state index contributed by atoms with van der Waals surface area (Å²) in [5, 5.41) is 3.58. The topological polar surface area (TPSA) is 62.3 Å². The molecule has 128 valence electrons. The minimum atomic E-state index is -0.145. The molecule has 0 spiro atoms. The third-order valence-electron chi connectivity index (χ3n) is 4.38. The van der Waals surface area contributed by atoms with Gasteiger partial charge < -0.3 is 10.2 Å². The smallest absolute Gasteiger partial charge is 0.231 e. The Bertz CT molecular complexity index is 756. The monoisotopic (exact) mass is 345 g/mol. The second-order valence-corrected chi connectivity index (χ2v) is 7.44. The summed E-state index contributed by atoms with van der Waals surface area (Å²) >= 11 is 1.50. The highest BCUT2D eigenvalue weighted by molar-refractivity contribution is 7.22. The molecular formula is C18H23N3O2S. The molecule has 1 N–H and O–H groups in total. The van der Waals surface area contributed by atoms with Gasteiger partial charge in [-0.25, -0.2) is 4.98 Å². The van der Waals surface area contributed by atoms with Crippen LogP contribution in [0.2, 0.25) is 0 Å². The van der Waals surface area contributed by atoms with Crippen molar-refractivity contribution >= 4 is 38.5 Å². The molecule has 1 aliphatic heterocycles. The minimum absolute atomic E-state index is 0.0280. The summed E-state index contributed by atoms with van der Waals surface area (Å²) in [5.74, 6) is -0.0152. The van der Waals surface area contributed by atoms with Gasteiger partial charge in [-0.15, -0.1) is 0 Å². The number of hydrogen-bond donors (Lipinski definition) is 1. The quantitative estimate of drug-likeness (QED) is 0.921. The van der Waals surface area contributed by atoms with E-state index in [4.69, 9.17) is 0 Å². The molecule has 1 saturated heterocycles. The lowest BCUT2D eigenvalue weighted by Crippen LogP contribution is -2.43. The summed E-state index contributed by atoms with van der Waals surface area (Å²) < 4.78 is 1.08. The van der Waals surface area contributed by atoms with Crippen LogP contribution >= 0.6 is 11.3 Å². The molecule has 1 aromatic heterocycles. The van der Waals surface area contributed by atoms with Crippen LogP contribution in [-0.4, -0.2) is 34.8 Å². The van der Waals surface area contributed by atoms with E-state index in [0.29, 0.717) is 18.1 Å². The Morgan fingerprint density at radius 1 is 1.42 bits per heavy atom. The van der Waals surface area contributed by atoms with E-state index in [9.17, 15) is 9.59 Å². The number of benzene rings is 1. The van der Waals surface area contributed by atoms with Crippen molar-refractivity contribution in [2.24, 2.45) is 5.92 Å². The highest BCUT2D eigenvalue weighted by Crippen LogP contribution is 2.28. The van der Waals surface area contributed by atoms with Crippen molar-refractivity contribution in [2.45, 2.75) is 39.5 Å². The van der Waals surface area contributed by atoms with Crippen LogP contribution in [0.5, 0.6) is 0 Å². The summed E-state index contributed by atoms with van der Waals surface area (Å²) in [6, 6.07) is 6.07. The maximum Gasteiger partial charge on any atom is 0.231 e. The lowest BCUT2D eigenvalue weighted by atomic mass is 9.97. The molecule has 2 aromatic rings. The third-order valence-corrected chi connectivity index (χ3v) is 5.32. The van der Waals surface area contributed by atoms with Crippen LogP contribution < -0.4 is 5.32 Å². The van der Waals surface area contributed by atoms with E-state index >= 15 is 0 Å². The van der Waals surface area contributed by atoms with Crippen LogP contribution in [0.1, 0.15) is 38.2 Å². The molecule has 0 radical (unpaired) electrons. The normalized spacial score (nSPS) is 17.9. The first kappa shape index (κ1) is 16.9. The molecule has 1 aromatic carbocycles. The number of anilines is 1. The number of aryl methyl sites for hydroxylation is 1. The summed E-state index contributed by atoms with van der Waals surface area (Å²) in [4.78, 5) is 30.9. The number of fused-ring (bicyclic) bond motifs is 1. The zero-order chi connectivity index (χ0) is 17.1. The van der Waals surface area contributed by atoms with E-state index in [1.807, 2.05) is 30.9 Å². The molecule has 24 heavy (non-hydrogen) atoms. The predicted octanol–water partition coefficient (Wildman–Crippen LogP) is 3.58. The van der Waals surface area contributed by atoms with Gasteiger partial charge in [-0.2, -0.15) is 0 Å². The number of nitrogens with one attached hydrogen (secondary N) is 1. The highest BCUT2D eigenvalue weighted by Gasteiger charge is 2.28. The van der Waals surface area contributed by atoms with Gasteiger partial charge in [0.05, 0.1) is 16.1 Å². The molecule has 1 atom stereocenters. The molecule has 2 heterocycles. The van der Waals surface area contributed by atoms with Gasteiger partial charge in [-0.3, -0.25) is 9.59 Å². The number of thiazole rings is 1. The van der Waals surface area contributed by atoms with Crippen LogP contribution in [0.4, 0.5) is 5.13 Å². The van der Waals surface area contributed by atoms with Gasteiger partial charge in [0.15, 0.2) is 5.13 Å². The summed E-state index contributed by atoms with van der Waals surface area (Å²) in [5.41, 5.74) is 2.09. The molecule has 0 aliphatic carbocycles. The highest BCUT2D eigenvalue weighted by atomic mass is 32.1. The SMILES string of the molecule is CCCC(=O)N1CCCC(C(=O)Nc2nc3ccc(C)cc3s2)C1. The van der Waals surface area contributed by atoms with Crippen LogP contribution in [0.3, 0.4) is 0 Å². The molecule has 5 nitrogen and oxygen atoms in total. The lowest BCUT2D eigenvalue weighted by molar-refractivity contribution is -0.134. The van der Waals surface area contributed by atoms with Gasteiger partial charge in [0.25, 0.3) is 0 Å². The summed E-state index contributed by atoms with van der Waals surface area (Å²) in [7, 11) is 0. The number of carbonyl (C=O) groups excluding carboxylic acids is 2. The average Bonchev–Trinajstić information content (AvgIpc) is 2.96. The molecule has 6 heteroatoms. The van der Waals surface area contributed by atoms with Crippen molar-refractivity contribution < 1.29 is 9.59 Å². The summed E-state index contributed by atoms with van der Waals surface area (Å²) in [6.45, 7) is 5.33. The van der Waals surface area contributed by atoms with E-state index in [1.54, 1.807) is 0 Å². The molecule has 0 bridgehead atoms. The van der Waals surface area contributed by atoms with Gasteiger partial charge >= 0.3 is 0 Å². The first-order valence-electron chi connectivity index (χ1n) is 8.52. The van der Waals surface area contributed by atoms with Crippen LogP contribution in [0.25, 0.3) is 10.2 Å². The number of rotatable bonds is 4. The Balaban J connectivity index is 1.65. The van der Waals surface area contributed by atoms with Crippen molar-refractivity contribution in [3.8, 4) is 0 Å². The zero-order valence-electron chi connectivity index (χ0n) is 14.2. The van der Waals surface area contributed by atoms with E-state index in [-0.39, 0.29) is 17.7 Å². The van der Waals surface area contributed by atoms with E-state index < -0.39 is 0 Å². The molecular weight excluding hydrogens is 322 g/mol. The number of nitrogens with zero attached hydrogens (tertiary/aromatic N) is 2. The number of aromatic nitrogens is 1. The number of piperidine rings is 1. The fraction of sp³-hybridized carbons (Fsp3) is 0.500. The van der Waals surface area contributed by atoms with Crippen LogP contribution in [0.15, 0.2) is 18.2 Å². The fourth-order valence-electron chi connectivity index (χ4n) is 3.08. The Hall–Kier alpha value is -1.95. The maximum absolute atomic E-state index is 12.6. The summed E-state index contributed by atoms with van der Waals surface area (Å²) in [6.07, 6.45) is 3.11. The van der Waals surface area contributed by atoms with Crippen molar-refractivity contribution in [1.82, 2.24) is 9.88 Å². The number of carbonyl (C=O) groups is 2. The van der Waals surface area contributed by atoms with Gasteiger partial charge in [0, 0.05) is 19.5 Å². The number of amides is 2. The Labute approximate surface area is 146 Å². The Morgan fingerprint density at radius 2 is 2.25 bits per heavy atom. The molecule has 2 amide bonds. The van der Waals surface area contributed by atoms with Crippen LogP contribution in [0, 0.1) is 12.8 Å². The first-order valence-corrected chi connectivity index (χ1v) is 9.34. The molecule has 1 unspecified atom stereocenters. The molecule has 1 fully saturated rings. The van der Waals surface area contributed by atoms with Crippen molar-refractivity contribution in [3.05, 3.63) is 23.8 Å². The van der Waals surface area contributed by atoms with E-state index in [1.165, 1.54) is 16.9 Å². The second kappa shape index (κ2) is 7.30. The zero-order valence-corrected chi connectivity index (χ0v) is 15.0. The van der Waals surface area contributed by atoms with Crippen molar-refractivity contribution in [3.63, 3.8) is 0 Å². The number of hydrogen-bond acceptors (Lipinski definition) is 4. The van der Waals surface area contributed by atoms with Gasteiger partial charge in [-0.05, 0) is 43.9 Å². The Kier molecular flexibility index (Phi) is 5.14. The van der Waals surface area contributed by atoms with Crippen molar-refractivity contribution in [1.29, 1.82) is 0 Å².